The lowest BCUT2D eigenvalue weighted by molar-refractivity contribution is -0.139. The molecule has 2 aliphatic heterocycles. The van der Waals surface area contributed by atoms with Crippen LogP contribution >= 0.6 is 0 Å². The first-order valence-electron chi connectivity index (χ1n) is 7.42. The van der Waals surface area contributed by atoms with E-state index in [4.69, 9.17) is 4.74 Å². The van der Waals surface area contributed by atoms with Gasteiger partial charge in [0.15, 0.2) is 0 Å². The maximum atomic E-state index is 13.1. The third-order valence-electron chi connectivity index (χ3n) is 4.63. The Morgan fingerprint density at radius 3 is 2.50 bits per heavy atom. The number of aromatic nitrogens is 1. The monoisotopic (exact) mass is 316 g/mol. The van der Waals surface area contributed by atoms with Gasteiger partial charge in [-0.05, 0) is 31.7 Å². The van der Waals surface area contributed by atoms with Gasteiger partial charge < -0.3 is 15.2 Å². The third kappa shape index (κ3) is 2.79. The third-order valence-corrected chi connectivity index (χ3v) is 4.63. The molecule has 2 aliphatic rings. The number of nitrogens with zero attached hydrogens (tertiary/aromatic N) is 1. The van der Waals surface area contributed by atoms with Gasteiger partial charge in [0, 0.05) is 23.8 Å². The van der Waals surface area contributed by atoms with E-state index >= 15 is 0 Å². The van der Waals surface area contributed by atoms with Gasteiger partial charge in [-0.15, -0.1) is 0 Å². The highest BCUT2D eigenvalue weighted by atomic mass is 19.4. The highest BCUT2D eigenvalue weighted by molar-refractivity contribution is 5.35. The van der Waals surface area contributed by atoms with Gasteiger partial charge in [0.05, 0.1) is 12.7 Å². The Balaban J connectivity index is 1.97. The molecule has 2 bridgehead atoms. The summed E-state index contributed by atoms with van der Waals surface area (Å²) in [7, 11) is 1.15. The second kappa shape index (κ2) is 5.38. The minimum Gasteiger partial charge on any atom is -0.481 e. The molecule has 4 nitrogen and oxygen atoms in total. The fourth-order valence-corrected chi connectivity index (χ4v) is 3.64. The maximum Gasteiger partial charge on any atom is 0.421 e. The summed E-state index contributed by atoms with van der Waals surface area (Å²) in [5.74, 6) is -0.464. The summed E-state index contributed by atoms with van der Waals surface area (Å²) in [4.78, 5) is 3.76. The SMILES string of the molecule is COc1ncc(C2(O)CC3CCCC(C2)N3)cc1C(F)(F)F. The number of ether oxygens (including phenoxy) is 1. The number of alkyl halides is 3. The van der Waals surface area contributed by atoms with Crippen LogP contribution in [-0.4, -0.2) is 29.3 Å². The van der Waals surface area contributed by atoms with Crippen molar-refractivity contribution in [2.75, 3.05) is 7.11 Å². The molecule has 2 unspecified atom stereocenters. The van der Waals surface area contributed by atoms with Gasteiger partial charge in [-0.2, -0.15) is 13.2 Å². The summed E-state index contributed by atoms with van der Waals surface area (Å²) in [5, 5.41) is 14.3. The van der Waals surface area contributed by atoms with Crippen LogP contribution in [0.2, 0.25) is 0 Å². The highest BCUT2D eigenvalue weighted by Crippen LogP contribution is 2.42. The van der Waals surface area contributed by atoms with E-state index in [0.717, 1.165) is 32.4 Å². The minimum atomic E-state index is -4.56. The predicted molar refractivity (Wildman–Crippen MR) is 73.5 cm³/mol. The lowest BCUT2D eigenvalue weighted by Gasteiger charge is -2.45. The number of nitrogens with one attached hydrogen (secondary N) is 1. The van der Waals surface area contributed by atoms with Crippen LogP contribution in [0.4, 0.5) is 13.2 Å². The lowest BCUT2D eigenvalue weighted by atomic mass is 9.74. The van der Waals surface area contributed by atoms with E-state index in [0.29, 0.717) is 12.8 Å². The number of methoxy groups -OCH3 is 1. The number of halogens is 3. The zero-order valence-electron chi connectivity index (χ0n) is 12.3. The van der Waals surface area contributed by atoms with Gasteiger partial charge >= 0.3 is 6.18 Å². The van der Waals surface area contributed by atoms with Gasteiger partial charge in [-0.3, -0.25) is 0 Å². The van der Waals surface area contributed by atoms with Crippen LogP contribution in [0.15, 0.2) is 12.3 Å². The van der Waals surface area contributed by atoms with Gasteiger partial charge in [0.1, 0.15) is 5.56 Å². The Morgan fingerprint density at radius 1 is 1.32 bits per heavy atom. The number of hydrogen-bond acceptors (Lipinski definition) is 4. The first kappa shape index (κ1) is 15.6. The van der Waals surface area contributed by atoms with E-state index in [-0.39, 0.29) is 17.6 Å². The number of aliphatic hydroxyl groups is 1. The maximum absolute atomic E-state index is 13.1. The lowest BCUT2D eigenvalue weighted by Crippen LogP contribution is -2.54. The van der Waals surface area contributed by atoms with Crippen molar-refractivity contribution in [3.63, 3.8) is 0 Å². The molecule has 2 N–H and O–H groups in total. The summed E-state index contributed by atoms with van der Waals surface area (Å²) in [6.45, 7) is 0. The molecule has 0 aromatic carbocycles. The molecule has 0 spiro atoms. The number of piperidine rings is 2. The Bertz CT molecular complexity index is 550. The van der Waals surface area contributed by atoms with Gasteiger partial charge in [-0.1, -0.05) is 6.42 Å². The first-order valence-corrected chi connectivity index (χ1v) is 7.42. The van der Waals surface area contributed by atoms with Crippen LogP contribution in [0.25, 0.3) is 0 Å². The highest BCUT2D eigenvalue weighted by Gasteiger charge is 2.44. The molecule has 0 amide bonds. The van der Waals surface area contributed by atoms with Gasteiger partial charge in [0.2, 0.25) is 5.88 Å². The summed E-state index contributed by atoms with van der Waals surface area (Å²) in [6, 6.07) is 1.27. The van der Waals surface area contributed by atoms with Crippen molar-refractivity contribution in [2.45, 2.75) is 56.0 Å². The summed E-state index contributed by atoms with van der Waals surface area (Å²) >= 11 is 0. The molecule has 0 saturated carbocycles. The van der Waals surface area contributed by atoms with E-state index < -0.39 is 23.2 Å². The fraction of sp³-hybridized carbons (Fsp3) is 0.667. The van der Waals surface area contributed by atoms with Crippen LogP contribution in [-0.2, 0) is 11.8 Å². The average Bonchev–Trinajstić information content (AvgIpc) is 2.45. The molecule has 2 fully saturated rings. The minimum absolute atomic E-state index is 0.147. The number of rotatable bonds is 2. The summed E-state index contributed by atoms with van der Waals surface area (Å²) < 4.78 is 44.1. The largest absolute Gasteiger partial charge is 0.481 e. The molecule has 7 heteroatoms. The average molecular weight is 316 g/mol. The number of fused-ring (bicyclic) bond motifs is 2. The van der Waals surface area contributed by atoms with Crippen molar-refractivity contribution in [2.24, 2.45) is 0 Å². The zero-order chi connectivity index (χ0) is 16.0. The van der Waals surface area contributed by atoms with Crippen molar-refractivity contribution >= 4 is 0 Å². The van der Waals surface area contributed by atoms with Crippen LogP contribution < -0.4 is 10.1 Å². The van der Waals surface area contributed by atoms with Crippen LogP contribution in [0.5, 0.6) is 5.88 Å². The molecule has 1 aromatic heterocycles. The van der Waals surface area contributed by atoms with E-state index in [1.54, 1.807) is 0 Å². The van der Waals surface area contributed by atoms with Crippen LogP contribution in [0.1, 0.15) is 43.2 Å². The van der Waals surface area contributed by atoms with E-state index in [1.165, 1.54) is 6.20 Å². The molecule has 1 aromatic rings. The summed E-state index contributed by atoms with van der Waals surface area (Å²) in [6.07, 6.45) is 0.530. The molecule has 0 aliphatic carbocycles. The van der Waals surface area contributed by atoms with Crippen molar-refractivity contribution in [3.8, 4) is 5.88 Å². The van der Waals surface area contributed by atoms with Crippen molar-refractivity contribution in [3.05, 3.63) is 23.4 Å². The molecule has 122 valence electrons. The van der Waals surface area contributed by atoms with Gasteiger partial charge in [-0.25, -0.2) is 4.98 Å². The fourth-order valence-electron chi connectivity index (χ4n) is 3.64. The Morgan fingerprint density at radius 2 is 1.95 bits per heavy atom. The topological polar surface area (TPSA) is 54.4 Å². The van der Waals surface area contributed by atoms with Crippen molar-refractivity contribution in [1.82, 2.24) is 10.3 Å². The molecule has 3 rings (SSSR count). The molecule has 2 saturated heterocycles. The molecule has 22 heavy (non-hydrogen) atoms. The molecule has 2 atom stereocenters. The van der Waals surface area contributed by atoms with E-state index in [9.17, 15) is 18.3 Å². The second-order valence-electron chi connectivity index (χ2n) is 6.21. The zero-order valence-corrected chi connectivity index (χ0v) is 12.3. The Labute approximate surface area is 126 Å². The standard InChI is InChI=1S/C15H19F3N2O2/c1-22-13-12(15(16,17)18)5-9(8-19-13)14(21)6-10-3-2-4-11(7-14)20-10/h5,8,10-11,20-21H,2-4,6-7H2,1H3. The quantitative estimate of drug-likeness (QED) is 0.880. The van der Waals surface area contributed by atoms with E-state index in [2.05, 4.69) is 10.3 Å². The summed E-state index contributed by atoms with van der Waals surface area (Å²) in [5.41, 5.74) is -1.98. The van der Waals surface area contributed by atoms with Crippen molar-refractivity contribution in [1.29, 1.82) is 0 Å². The van der Waals surface area contributed by atoms with Crippen LogP contribution in [0.3, 0.4) is 0 Å². The van der Waals surface area contributed by atoms with Crippen molar-refractivity contribution < 1.29 is 23.0 Å². The molecule has 0 radical (unpaired) electrons. The predicted octanol–water partition coefficient (Wildman–Crippen LogP) is 2.60. The normalized spacial score (nSPS) is 31.9. The smallest absolute Gasteiger partial charge is 0.421 e. The molecular weight excluding hydrogens is 297 g/mol. The first-order chi connectivity index (χ1) is 10.3. The Kier molecular flexibility index (Phi) is 3.81. The Hall–Kier alpha value is -1.34. The number of pyridine rings is 1. The second-order valence-corrected chi connectivity index (χ2v) is 6.21. The van der Waals surface area contributed by atoms with E-state index in [1.807, 2.05) is 0 Å². The molecule has 3 heterocycles. The van der Waals surface area contributed by atoms with Gasteiger partial charge in [0.25, 0.3) is 0 Å². The number of hydrogen-bond donors (Lipinski definition) is 2. The molecular formula is C15H19F3N2O2. The van der Waals surface area contributed by atoms with Crippen LogP contribution in [0, 0.1) is 0 Å².